The van der Waals surface area contributed by atoms with Gasteiger partial charge in [0.2, 0.25) is 0 Å². The summed E-state index contributed by atoms with van der Waals surface area (Å²) in [5.74, 6) is 0. The molecule has 0 bridgehead atoms. The lowest BCUT2D eigenvalue weighted by Crippen LogP contribution is -1.65. The summed E-state index contributed by atoms with van der Waals surface area (Å²) < 4.78 is 11.6. The number of rotatable bonds is 2. The van der Waals surface area contributed by atoms with E-state index in [1.54, 1.807) is 17.4 Å². The molecule has 12 heavy (non-hydrogen) atoms. The highest BCUT2D eigenvalue weighted by atomic mass is 32.1. The van der Waals surface area contributed by atoms with E-state index >= 15 is 0 Å². The molecule has 0 aliphatic rings. The zero-order valence-electron chi connectivity index (χ0n) is 7.17. The number of hydrogen-bond donors (Lipinski definition) is 0. The molecule has 0 atom stereocenters. The van der Waals surface area contributed by atoms with Crippen molar-refractivity contribution in [3.63, 3.8) is 0 Å². The third kappa shape index (κ3) is 2.31. The Morgan fingerprint density at radius 1 is 1.33 bits per heavy atom. The summed E-state index contributed by atoms with van der Waals surface area (Å²) in [6, 6.07) is 2.13. The smallest absolute Gasteiger partial charge is 0.0866 e. The quantitative estimate of drug-likeness (QED) is 0.609. The molecule has 0 aromatic carbocycles. The number of hydrogen-bond acceptors (Lipinski definition) is 1. The maximum absolute atomic E-state index is 11.6. The fourth-order valence-electron chi connectivity index (χ4n) is 1.01. The molecule has 0 saturated carbocycles. The minimum atomic E-state index is 0.534. The lowest BCUT2D eigenvalue weighted by atomic mass is 10.2. The molecule has 0 aliphatic carbocycles. The van der Waals surface area contributed by atoms with Crippen LogP contribution in [0.4, 0.5) is 4.39 Å². The van der Waals surface area contributed by atoms with Crippen molar-refractivity contribution in [2.75, 3.05) is 0 Å². The number of halogens is 1. The van der Waals surface area contributed by atoms with Crippen molar-refractivity contribution < 1.29 is 4.39 Å². The molecular formula is C10H11FS. The number of aryl methyl sites for hydroxylation is 2. The molecule has 1 aromatic heterocycles. The monoisotopic (exact) mass is 182 g/mol. The molecule has 0 aliphatic heterocycles. The van der Waals surface area contributed by atoms with Crippen LogP contribution in [0.1, 0.15) is 15.3 Å². The Bertz CT molecular complexity index is 308. The summed E-state index contributed by atoms with van der Waals surface area (Å²) in [7, 11) is 0. The molecule has 1 heterocycles. The van der Waals surface area contributed by atoms with Crippen molar-refractivity contribution in [1.29, 1.82) is 0 Å². The van der Waals surface area contributed by atoms with E-state index in [-0.39, 0.29) is 0 Å². The predicted octanol–water partition coefficient (Wildman–Crippen LogP) is 3.86. The third-order valence-electron chi connectivity index (χ3n) is 1.51. The highest BCUT2D eigenvalue weighted by Gasteiger charge is 1.96. The van der Waals surface area contributed by atoms with Gasteiger partial charge in [0.15, 0.2) is 0 Å². The normalized spacial score (nSPS) is 11.9. The summed E-state index contributed by atoms with van der Waals surface area (Å²) in [6.07, 6.45) is 5.54. The van der Waals surface area contributed by atoms with Crippen LogP contribution in [0.15, 0.2) is 24.5 Å². The maximum atomic E-state index is 11.6. The fraction of sp³-hybridized carbons (Fsp3) is 0.200. The van der Waals surface area contributed by atoms with Gasteiger partial charge in [-0.25, -0.2) is 4.39 Å². The minimum absolute atomic E-state index is 0.534. The van der Waals surface area contributed by atoms with Crippen LogP contribution in [0, 0.1) is 13.8 Å². The van der Waals surface area contributed by atoms with Gasteiger partial charge in [0.05, 0.1) is 6.33 Å². The molecule has 1 rings (SSSR count). The van der Waals surface area contributed by atoms with Crippen molar-refractivity contribution in [3.8, 4) is 0 Å². The van der Waals surface area contributed by atoms with Gasteiger partial charge in [-0.05, 0) is 37.6 Å². The standard InChI is InChI=1S/C10H11FS/c1-8-7-9(2)12-10(8)5-3-4-6-11/h3-7H,1-2H3/b5-3-,6-4+. The molecule has 0 N–H and O–H groups in total. The first kappa shape index (κ1) is 9.20. The van der Waals surface area contributed by atoms with E-state index in [0.29, 0.717) is 6.33 Å². The molecule has 0 nitrogen and oxygen atoms in total. The molecule has 0 unspecified atom stereocenters. The first-order chi connectivity index (χ1) is 5.74. The Morgan fingerprint density at radius 3 is 2.58 bits per heavy atom. The summed E-state index contributed by atoms with van der Waals surface area (Å²) >= 11 is 1.72. The Hall–Kier alpha value is -0.890. The molecular weight excluding hydrogens is 171 g/mol. The summed E-state index contributed by atoms with van der Waals surface area (Å²) in [5.41, 5.74) is 1.25. The van der Waals surface area contributed by atoms with Gasteiger partial charge >= 0.3 is 0 Å². The van der Waals surface area contributed by atoms with E-state index in [0.717, 1.165) is 0 Å². The van der Waals surface area contributed by atoms with Gasteiger partial charge in [0, 0.05) is 9.75 Å². The number of thiophene rings is 1. The fourth-order valence-corrected chi connectivity index (χ4v) is 1.96. The van der Waals surface area contributed by atoms with Crippen molar-refractivity contribution in [2.24, 2.45) is 0 Å². The molecule has 0 amide bonds. The van der Waals surface area contributed by atoms with Crippen LogP contribution in [0.3, 0.4) is 0 Å². The van der Waals surface area contributed by atoms with E-state index in [2.05, 4.69) is 19.9 Å². The van der Waals surface area contributed by atoms with Gasteiger partial charge in [-0.1, -0.05) is 6.08 Å². The van der Waals surface area contributed by atoms with Crippen LogP contribution in [0.5, 0.6) is 0 Å². The Balaban J connectivity index is 2.81. The molecule has 64 valence electrons. The van der Waals surface area contributed by atoms with Crippen LogP contribution in [0.2, 0.25) is 0 Å². The van der Waals surface area contributed by atoms with Gasteiger partial charge in [-0.2, -0.15) is 0 Å². The van der Waals surface area contributed by atoms with Crippen LogP contribution in [-0.4, -0.2) is 0 Å². The molecule has 0 saturated heterocycles. The van der Waals surface area contributed by atoms with E-state index in [4.69, 9.17) is 0 Å². The largest absolute Gasteiger partial charge is 0.216 e. The average molecular weight is 182 g/mol. The van der Waals surface area contributed by atoms with Gasteiger partial charge in [-0.15, -0.1) is 11.3 Å². The molecule has 0 fully saturated rings. The number of allylic oxidation sites excluding steroid dienone is 2. The predicted molar refractivity (Wildman–Crippen MR) is 53.1 cm³/mol. The average Bonchev–Trinajstić information content (AvgIpc) is 2.31. The van der Waals surface area contributed by atoms with Crippen LogP contribution >= 0.6 is 11.3 Å². The Kier molecular flexibility index (Phi) is 3.23. The van der Waals surface area contributed by atoms with Crippen LogP contribution in [-0.2, 0) is 0 Å². The second-order valence-electron chi connectivity index (χ2n) is 2.58. The Morgan fingerprint density at radius 2 is 2.08 bits per heavy atom. The van der Waals surface area contributed by atoms with Gasteiger partial charge in [0.1, 0.15) is 0 Å². The molecule has 0 spiro atoms. The van der Waals surface area contributed by atoms with E-state index in [9.17, 15) is 4.39 Å². The second-order valence-corrected chi connectivity index (χ2v) is 3.87. The summed E-state index contributed by atoms with van der Waals surface area (Å²) in [4.78, 5) is 2.49. The molecule has 1 aromatic rings. The lowest BCUT2D eigenvalue weighted by molar-refractivity contribution is 0.721. The maximum Gasteiger partial charge on any atom is 0.0866 e. The van der Waals surface area contributed by atoms with E-state index < -0.39 is 0 Å². The van der Waals surface area contributed by atoms with Gasteiger partial charge < -0.3 is 0 Å². The van der Waals surface area contributed by atoms with Crippen molar-refractivity contribution in [2.45, 2.75) is 13.8 Å². The minimum Gasteiger partial charge on any atom is -0.216 e. The first-order valence-corrected chi connectivity index (χ1v) is 4.56. The van der Waals surface area contributed by atoms with E-state index in [1.165, 1.54) is 21.4 Å². The van der Waals surface area contributed by atoms with Gasteiger partial charge in [-0.3, -0.25) is 0 Å². The lowest BCUT2D eigenvalue weighted by Gasteiger charge is -1.85. The highest BCUT2D eigenvalue weighted by Crippen LogP contribution is 2.21. The van der Waals surface area contributed by atoms with E-state index in [1.807, 2.05) is 6.08 Å². The Labute approximate surface area is 76.0 Å². The molecule has 2 heteroatoms. The van der Waals surface area contributed by atoms with Crippen molar-refractivity contribution >= 4 is 17.4 Å². The van der Waals surface area contributed by atoms with Crippen LogP contribution in [0.25, 0.3) is 6.08 Å². The second kappa shape index (κ2) is 4.21. The van der Waals surface area contributed by atoms with Crippen molar-refractivity contribution in [3.05, 3.63) is 39.9 Å². The SMILES string of the molecule is Cc1cc(C)c(/C=C\C=C\F)s1. The third-order valence-corrected chi connectivity index (χ3v) is 2.63. The van der Waals surface area contributed by atoms with Crippen LogP contribution < -0.4 is 0 Å². The van der Waals surface area contributed by atoms with Gasteiger partial charge in [0.25, 0.3) is 0 Å². The van der Waals surface area contributed by atoms with Crippen molar-refractivity contribution in [1.82, 2.24) is 0 Å². The highest BCUT2D eigenvalue weighted by molar-refractivity contribution is 7.13. The topological polar surface area (TPSA) is 0 Å². The summed E-state index contributed by atoms with van der Waals surface area (Å²) in [5, 5.41) is 0. The zero-order chi connectivity index (χ0) is 8.97. The zero-order valence-corrected chi connectivity index (χ0v) is 7.99. The molecule has 0 radical (unpaired) electrons. The summed E-state index contributed by atoms with van der Waals surface area (Å²) in [6.45, 7) is 4.13. The first-order valence-electron chi connectivity index (χ1n) is 3.74.